The molecule has 1 N–H and O–H groups in total. The maximum absolute atomic E-state index is 14.4. The SMILES string of the molecule is CC(C)(C)OC(=O)N1CCC[C@H]1C(=O)N(c1cccc(F)c1)[C@H](C(=O)NC1CC(F)(F)C1)c1ccccc1Cl. The molecular formula is C28H31ClF3N3O4. The number of alkyl halides is 2. The van der Waals surface area contributed by atoms with Gasteiger partial charge in [0.2, 0.25) is 5.91 Å². The van der Waals surface area contributed by atoms with Gasteiger partial charge < -0.3 is 10.1 Å². The van der Waals surface area contributed by atoms with E-state index in [1.165, 1.54) is 29.2 Å². The maximum atomic E-state index is 14.4. The van der Waals surface area contributed by atoms with Gasteiger partial charge in [-0.25, -0.2) is 18.0 Å². The summed E-state index contributed by atoms with van der Waals surface area (Å²) in [5.41, 5.74) is -0.530. The van der Waals surface area contributed by atoms with E-state index in [2.05, 4.69) is 5.32 Å². The van der Waals surface area contributed by atoms with Crippen LogP contribution in [0.5, 0.6) is 0 Å². The van der Waals surface area contributed by atoms with Crippen LogP contribution in [0.3, 0.4) is 0 Å². The Morgan fingerprint density at radius 1 is 1.13 bits per heavy atom. The van der Waals surface area contributed by atoms with Crippen molar-refractivity contribution in [3.8, 4) is 0 Å². The molecule has 2 aromatic rings. The Hall–Kier alpha value is -3.27. The number of nitrogens with zero attached hydrogens (tertiary/aromatic N) is 2. The number of carbonyl (C=O) groups is 3. The lowest BCUT2D eigenvalue weighted by atomic mass is 9.87. The first kappa shape index (κ1) is 28.7. The fourth-order valence-electron chi connectivity index (χ4n) is 4.89. The lowest BCUT2D eigenvalue weighted by Gasteiger charge is -2.39. The number of nitrogens with one attached hydrogen (secondary N) is 1. The molecule has 210 valence electrons. The summed E-state index contributed by atoms with van der Waals surface area (Å²) < 4.78 is 47.0. The van der Waals surface area contributed by atoms with Gasteiger partial charge in [0, 0.05) is 41.7 Å². The third-order valence-electron chi connectivity index (χ3n) is 6.63. The summed E-state index contributed by atoms with van der Waals surface area (Å²) in [6, 6.07) is 8.24. The smallest absolute Gasteiger partial charge is 0.410 e. The first-order valence-electron chi connectivity index (χ1n) is 12.8. The molecule has 1 saturated carbocycles. The minimum Gasteiger partial charge on any atom is -0.444 e. The van der Waals surface area contributed by atoms with E-state index in [1.54, 1.807) is 39.0 Å². The van der Waals surface area contributed by atoms with Crippen LogP contribution in [0.2, 0.25) is 5.02 Å². The van der Waals surface area contributed by atoms with Crippen molar-refractivity contribution >= 4 is 35.2 Å². The second-order valence-electron chi connectivity index (χ2n) is 10.9. The van der Waals surface area contributed by atoms with E-state index >= 15 is 0 Å². The highest BCUT2D eigenvalue weighted by Crippen LogP contribution is 2.39. The van der Waals surface area contributed by atoms with Gasteiger partial charge >= 0.3 is 6.09 Å². The quantitative estimate of drug-likeness (QED) is 0.475. The van der Waals surface area contributed by atoms with Crippen molar-refractivity contribution < 1.29 is 32.3 Å². The van der Waals surface area contributed by atoms with Gasteiger partial charge in [0.1, 0.15) is 23.5 Å². The Labute approximate surface area is 230 Å². The highest BCUT2D eigenvalue weighted by Gasteiger charge is 2.48. The number of benzene rings is 2. The van der Waals surface area contributed by atoms with Crippen molar-refractivity contribution in [1.29, 1.82) is 0 Å². The minimum atomic E-state index is -2.88. The molecule has 0 bridgehead atoms. The van der Waals surface area contributed by atoms with Gasteiger partial charge in [0.05, 0.1) is 0 Å². The molecule has 0 unspecified atom stereocenters. The molecule has 11 heteroatoms. The molecule has 1 aliphatic carbocycles. The van der Waals surface area contributed by atoms with Gasteiger partial charge in [-0.2, -0.15) is 0 Å². The van der Waals surface area contributed by atoms with Crippen LogP contribution in [0.4, 0.5) is 23.7 Å². The predicted octanol–water partition coefficient (Wildman–Crippen LogP) is 5.87. The molecule has 2 aromatic carbocycles. The Kier molecular flexibility index (Phi) is 8.16. The van der Waals surface area contributed by atoms with E-state index < -0.39 is 66.2 Å². The molecular weight excluding hydrogens is 535 g/mol. The van der Waals surface area contributed by atoms with Crippen molar-refractivity contribution in [3.05, 3.63) is 64.9 Å². The zero-order valence-corrected chi connectivity index (χ0v) is 22.7. The largest absolute Gasteiger partial charge is 0.444 e. The highest BCUT2D eigenvalue weighted by atomic mass is 35.5. The second-order valence-corrected chi connectivity index (χ2v) is 11.3. The van der Waals surface area contributed by atoms with Gasteiger partial charge in [0.25, 0.3) is 11.8 Å². The van der Waals surface area contributed by atoms with Crippen molar-refractivity contribution in [2.24, 2.45) is 0 Å². The van der Waals surface area contributed by atoms with Crippen LogP contribution in [0, 0.1) is 5.82 Å². The zero-order chi connectivity index (χ0) is 28.5. The first-order valence-corrected chi connectivity index (χ1v) is 13.1. The van der Waals surface area contributed by atoms with Crippen LogP contribution in [0.1, 0.15) is 58.1 Å². The average molecular weight is 566 g/mol. The summed E-state index contributed by atoms with van der Waals surface area (Å²) in [6.07, 6.45) is -0.955. The van der Waals surface area contributed by atoms with Crippen LogP contribution in [-0.2, 0) is 14.3 Å². The molecule has 1 aliphatic heterocycles. The van der Waals surface area contributed by atoms with E-state index in [1.807, 2.05) is 0 Å². The summed E-state index contributed by atoms with van der Waals surface area (Å²) in [5, 5.41) is 2.76. The van der Waals surface area contributed by atoms with Crippen molar-refractivity contribution in [2.45, 2.75) is 76.1 Å². The number of rotatable bonds is 6. The lowest BCUT2D eigenvalue weighted by Crippen LogP contribution is -2.56. The third kappa shape index (κ3) is 6.66. The second kappa shape index (κ2) is 11.1. The molecule has 0 radical (unpaired) electrons. The molecule has 0 spiro atoms. The van der Waals surface area contributed by atoms with Crippen LogP contribution in [-0.4, -0.2) is 53.0 Å². The summed E-state index contributed by atoms with van der Waals surface area (Å²) in [7, 11) is 0. The predicted molar refractivity (Wildman–Crippen MR) is 140 cm³/mol. The van der Waals surface area contributed by atoms with E-state index in [0.717, 1.165) is 11.0 Å². The number of ether oxygens (including phenoxy) is 1. The number of likely N-dealkylation sites (tertiary alicyclic amines) is 1. The zero-order valence-electron chi connectivity index (χ0n) is 21.9. The number of amides is 3. The number of carbonyl (C=O) groups excluding carboxylic acids is 3. The molecule has 1 heterocycles. The van der Waals surface area contributed by atoms with E-state index in [4.69, 9.17) is 16.3 Å². The molecule has 2 atom stereocenters. The van der Waals surface area contributed by atoms with Gasteiger partial charge in [-0.3, -0.25) is 19.4 Å². The van der Waals surface area contributed by atoms with Gasteiger partial charge in [-0.1, -0.05) is 35.9 Å². The Morgan fingerprint density at radius 3 is 2.44 bits per heavy atom. The van der Waals surface area contributed by atoms with Gasteiger partial charge in [-0.05, 0) is 57.9 Å². The number of hydrogen-bond donors (Lipinski definition) is 1. The third-order valence-corrected chi connectivity index (χ3v) is 6.98. The summed E-state index contributed by atoms with van der Waals surface area (Å²) in [6.45, 7) is 5.37. The fourth-order valence-corrected chi connectivity index (χ4v) is 5.13. The molecule has 2 fully saturated rings. The van der Waals surface area contributed by atoms with Crippen molar-refractivity contribution in [3.63, 3.8) is 0 Å². The van der Waals surface area contributed by atoms with E-state index in [-0.39, 0.29) is 29.2 Å². The highest BCUT2D eigenvalue weighted by molar-refractivity contribution is 6.31. The summed E-state index contributed by atoms with van der Waals surface area (Å²) in [4.78, 5) is 43.3. The summed E-state index contributed by atoms with van der Waals surface area (Å²) in [5.74, 6) is -4.93. The first-order chi connectivity index (χ1) is 18.3. The molecule has 7 nitrogen and oxygen atoms in total. The Balaban J connectivity index is 1.77. The van der Waals surface area contributed by atoms with E-state index in [0.29, 0.717) is 6.42 Å². The monoisotopic (exact) mass is 565 g/mol. The molecule has 2 aliphatic rings. The number of anilines is 1. The molecule has 0 aromatic heterocycles. The molecule has 39 heavy (non-hydrogen) atoms. The topological polar surface area (TPSA) is 79.0 Å². The van der Waals surface area contributed by atoms with Crippen molar-refractivity contribution in [1.82, 2.24) is 10.2 Å². The lowest BCUT2D eigenvalue weighted by molar-refractivity contribution is -0.133. The normalized spacial score (nSPS) is 19.7. The Morgan fingerprint density at radius 2 is 1.82 bits per heavy atom. The van der Waals surface area contributed by atoms with E-state index in [9.17, 15) is 27.6 Å². The van der Waals surface area contributed by atoms with Crippen LogP contribution >= 0.6 is 11.6 Å². The maximum Gasteiger partial charge on any atom is 0.410 e. The van der Waals surface area contributed by atoms with Crippen LogP contribution in [0.15, 0.2) is 48.5 Å². The van der Waals surface area contributed by atoms with Crippen LogP contribution in [0.25, 0.3) is 0 Å². The summed E-state index contributed by atoms with van der Waals surface area (Å²) >= 11 is 6.48. The Bertz CT molecular complexity index is 1240. The van der Waals surface area contributed by atoms with Gasteiger partial charge in [0.15, 0.2) is 0 Å². The molecule has 3 amide bonds. The average Bonchev–Trinajstić information content (AvgIpc) is 3.31. The molecule has 4 rings (SSSR count). The van der Waals surface area contributed by atoms with Crippen molar-refractivity contribution in [2.75, 3.05) is 11.4 Å². The van der Waals surface area contributed by atoms with Gasteiger partial charge in [-0.15, -0.1) is 0 Å². The fraction of sp³-hybridized carbons (Fsp3) is 0.464. The minimum absolute atomic E-state index is 0.0510. The molecule has 1 saturated heterocycles. The van der Waals surface area contributed by atoms with Crippen LogP contribution < -0.4 is 10.2 Å². The standard InChI is InChI=1S/C28H31ClF3N3O4/c1-27(2,3)39-26(38)34-13-7-12-22(34)25(37)35(19-9-6-8-17(30)14-19)23(20-10-4-5-11-21(20)29)24(36)33-18-15-28(31,32)16-18/h4-6,8-11,14,18,22-23H,7,12-13,15-16H2,1-3H3,(H,33,36)/t22-,23-/m0/s1. The number of halogens is 4. The number of hydrogen-bond acceptors (Lipinski definition) is 4.